The number of carbonyl (C=O) groups is 1. The first kappa shape index (κ1) is 11.9. The van der Waals surface area contributed by atoms with Gasteiger partial charge in [0, 0.05) is 0 Å². The molecule has 0 saturated carbocycles. The highest BCUT2D eigenvalue weighted by atomic mass is 31.2. The second-order valence-electron chi connectivity index (χ2n) is 3.09. The highest BCUT2D eigenvalue weighted by molar-refractivity contribution is 7.51. The van der Waals surface area contributed by atoms with Crippen LogP contribution in [0.5, 0.6) is 0 Å². The molecule has 0 spiro atoms. The molecule has 0 aromatic heterocycles. The van der Waals surface area contributed by atoms with Crippen LogP contribution in [0.25, 0.3) is 0 Å². The molecule has 1 aromatic carbocycles. The van der Waals surface area contributed by atoms with Gasteiger partial charge in [-0.05, 0) is 5.56 Å². The van der Waals surface area contributed by atoms with E-state index < -0.39 is 19.8 Å². The van der Waals surface area contributed by atoms with Crippen LogP contribution in [0, 0.1) is 0 Å². The average Bonchev–Trinajstić information content (AvgIpc) is 2.15. The van der Waals surface area contributed by atoms with Crippen molar-refractivity contribution in [2.45, 2.75) is 6.42 Å². The molecule has 1 amide bonds. The van der Waals surface area contributed by atoms with Gasteiger partial charge in [0.1, 0.15) is 6.29 Å². The van der Waals surface area contributed by atoms with Crippen molar-refractivity contribution in [2.24, 2.45) is 0 Å². The minimum Gasteiger partial charge on any atom is -0.344 e. The quantitative estimate of drug-likeness (QED) is 0.655. The number of amides is 1. The zero-order valence-corrected chi connectivity index (χ0v) is 8.85. The molecule has 3 N–H and O–H groups in total. The fourth-order valence-electron chi connectivity index (χ4n) is 1.03. The highest BCUT2D eigenvalue weighted by Crippen LogP contribution is 2.31. The van der Waals surface area contributed by atoms with E-state index in [9.17, 15) is 9.36 Å². The summed E-state index contributed by atoms with van der Waals surface area (Å²) in [6.45, 7) is 0. The van der Waals surface area contributed by atoms with Crippen LogP contribution in [0.15, 0.2) is 30.3 Å². The second-order valence-corrected chi connectivity index (χ2v) is 4.73. The maximum absolute atomic E-state index is 11.2. The summed E-state index contributed by atoms with van der Waals surface area (Å²) in [6, 6.07) is 8.97. The molecule has 5 nitrogen and oxygen atoms in total. The van der Waals surface area contributed by atoms with Crippen LogP contribution < -0.4 is 5.32 Å². The Balaban J connectivity index is 2.41. The van der Waals surface area contributed by atoms with Gasteiger partial charge in [0.25, 0.3) is 0 Å². The van der Waals surface area contributed by atoms with Gasteiger partial charge in [-0.3, -0.25) is 9.36 Å². The number of hydrogen-bond donors (Lipinski definition) is 3. The number of nitrogens with one attached hydrogen (secondary N) is 1. The van der Waals surface area contributed by atoms with Gasteiger partial charge in [0.05, 0.1) is 6.42 Å². The molecular formula is C9H12NO4P. The SMILES string of the molecule is O=C(Cc1ccccc1)NCP(=O)(O)O. The first-order valence-electron chi connectivity index (χ1n) is 4.32. The molecule has 0 unspecified atom stereocenters. The van der Waals surface area contributed by atoms with E-state index in [-0.39, 0.29) is 6.42 Å². The first-order chi connectivity index (χ1) is 6.97. The summed E-state index contributed by atoms with van der Waals surface area (Å²) in [6.07, 6.45) is -0.487. The normalized spacial score (nSPS) is 11.1. The Morgan fingerprint density at radius 1 is 1.27 bits per heavy atom. The minimum absolute atomic E-state index is 0.126. The smallest absolute Gasteiger partial charge is 0.344 e. The van der Waals surface area contributed by atoms with E-state index in [1.807, 2.05) is 6.07 Å². The van der Waals surface area contributed by atoms with Crippen molar-refractivity contribution in [3.8, 4) is 0 Å². The highest BCUT2D eigenvalue weighted by Gasteiger charge is 2.14. The number of rotatable bonds is 4. The lowest BCUT2D eigenvalue weighted by Crippen LogP contribution is -2.26. The van der Waals surface area contributed by atoms with E-state index in [1.54, 1.807) is 24.3 Å². The fourth-order valence-corrected chi connectivity index (χ4v) is 1.42. The summed E-state index contributed by atoms with van der Waals surface area (Å²) in [4.78, 5) is 28.3. The molecule has 0 aliphatic carbocycles. The van der Waals surface area contributed by atoms with Crippen LogP contribution in [0.3, 0.4) is 0 Å². The van der Waals surface area contributed by atoms with E-state index in [4.69, 9.17) is 9.79 Å². The summed E-state index contributed by atoms with van der Waals surface area (Å²) >= 11 is 0. The molecule has 0 bridgehead atoms. The molecule has 0 fully saturated rings. The lowest BCUT2D eigenvalue weighted by molar-refractivity contribution is -0.120. The zero-order chi connectivity index (χ0) is 11.3. The van der Waals surface area contributed by atoms with Gasteiger partial charge in [-0.15, -0.1) is 0 Å². The van der Waals surface area contributed by atoms with Gasteiger partial charge < -0.3 is 15.1 Å². The number of benzene rings is 1. The third-order valence-corrected chi connectivity index (χ3v) is 2.26. The summed E-state index contributed by atoms with van der Waals surface area (Å²) in [7, 11) is -4.16. The summed E-state index contributed by atoms with van der Waals surface area (Å²) in [5.41, 5.74) is 0.806. The van der Waals surface area contributed by atoms with Crippen LogP contribution in [0.2, 0.25) is 0 Å². The fraction of sp³-hybridized carbons (Fsp3) is 0.222. The van der Waals surface area contributed by atoms with Crippen molar-refractivity contribution in [3.05, 3.63) is 35.9 Å². The van der Waals surface area contributed by atoms with Crippen LogP contribution in [-0.2, 0) is 15.8 Å². The van der Waals surface area contributed by atoms with Crippen molar-refractivity contribution in [3.63, 3.8) is 0 Å². The third-order valence-electron chi connectivity index (χ3n) is 1.69. The van der Waals surface area contributed by atoms with Gasteiger partial charge in [-0.25, -0.2) is 0 Å². The topological polar surface area (TPSA) is 86.6 Å². The van der Waals surface area contributed by atoms with Gasteiger partial charge >= 0.3 is 7.60 Å². The van der Waals surface area contributed by atoms with Crippen LogP contribution in [0.4, 0.5) is 0 Å². The molecule has 1 rings (SSSR count). The van der Waals surface area contributed by atoms with Crippen molar-refractivity contribution < 1.29 is 19.1 Å². The molecule has 6 heteroatoms. The monoisotopic (exact) mass is 229 g/mol. The van der Waals surface area contributed by atoms with E-state index in [0.717, 1.165) is 5.56 Å². The minimum atomic E-state index is -4.16. The average molecular weight is 229 g/mol. The van der Waals surface area contributed by atoms with Gasteiger partial charge in [0.15, 0.2) is 0 Å². The van der Waals surface area contributed by atoms with E-state index in [1.165, 1.54) is 0 Å². The van der Waals surface area contributed by atoms with Crippen LogP contribution in [0.1, 0.15) is 5.56 Å². The first-order valence-corrected chi connectivity index (χ1v) is 6.12. The standard InChI is InChI=1S/C9H12NO4P/c11-9(10-7-15(12,13)14)6-8-4-2-1-3-5-8/h1-5H,6-7H2,(H,10,11)(H2,12,13,14). The Bertz CT molecular complexity index is 373. The molecule has 82 valence electrons. The molecule has 15 heavy (non-hydrogen) atoms. The van der Waals surface area contributed by atoms with Crippen LogP contribution >= 0.6 is 7.60 Å². The number of hydrogen-bond acceptors (Lipinski definition) is 2. The van der Waals surface area contributed by atoms with Gasteiger partial charge in [-0.2, -0.15) is 0 Å². The summed E-state index contributed by atoms with van der Waals surface area (Å²) in [5.74, 6) is -0.399. The Hall–Kier alpha value is -1.16. The van der Waals surface area contributed by atoms with Crippen molar-refractivity contribution in [1.29, 1.82) is 0 Å². The summed E-state index contributed by atoms with van der Waals surface area (Å²) in [5, 5.41) is 2.17. The lowest BCUT2D eigenvalue weighted by atomic mass is 10.1. The Labute approximate surface area is 87.3 Å². The predicted molar refractivity (Wildman–Crippen MR) is 55.2 cm³/mol. The second kappa shape index (κ2) is 5.07. The lowest BCUT2D eigenvalue weighted by Gasteiger charge is -2.06. The molecule has 0 radical (unpaired) electrons. The molecule has 0 atom stereocenters. The predicted octanol–water partition coefficient (Wildman–Crippen LogP) is 0.480. The van der Waals surface area contributed by atoms with Gasteiger partial charge in [0.2, 0.25) is 5.91 Å². The van der Waals surface area contributed by atoms with Crippen molar-refractivity contribution >= 4 is 13.5 Å². The van der Waals surface area contributed by atoms with E-state index >= 15 is 0 Å². The maximum Gasteiger partial charge on any atom is 0.344 e. The molecule has 0 aliphatic heterocycles. The van der Waals surface area contributed by atoms with Crippen LogP contribution in [-0.4, -0.2) is 22.0 Å². The maximum atomic E-state index is 11.2. The third kappa shape index (κ3) is 5.32. The Morgan fingerprint density at radius 2 is 1.87 bits per heavy atom. The molecule has 0 saturated heterocycles. The van der Waals surface area contributed by atoms with Gasteiger partial charge in [-0.1, -0.05) is 30.3 Å². The largest absolute Gasteiger partial charge is 0.344 e. The zero-order valence-electron chi connectivity index (χ0n) is 7.96. The van der Waals surface area contributed by atoms with Crippen molar-refractivity contribution in [1.82, 2.24) is 5.32 Å². The Morgan fingerprint density at radius 3 is 2.40 bits per heavy atom. The number of carbonyl (C=O) groups excluding carboxylic acids is 1. The molecule has 0 heterocycles. The molecular weight excluding hydrogens is 217 g/mol. The van der Waals surface area contributed by atoms with E-state index in [0.29, 0.717) is 0 Å². The molecule has 1 aromatic rings. The Kier molecular flexibility index (Phi) is 4.03. The molecule has 0 aliphatic rings. The van der Waals surface area contributed by atoms with E-state index in [2.05, 4.69) is 5.32 Å². The summed E-state index contributed by atoms with van der Waals surface area (Å²) < 4.78 is 10.5. The van der Waals surface area contributed by atoms with Crippen molar-refractivity contribution in [2.75, 3.05) is 6.29 Å².